The smallest absolute Gasteiger partial charge is 0.239 e. The molecule has 0 bridgehead atoms. The third kappa shape index (κ3) is 4.79. The van der Waals surface area contributed by atoms with E-state index in [9.17, 15) is 9.59 Å². The average Bonchev–Trinajstić information content (AvgIpc) is 3.31. The van der Waals surface area contributed by atoms with Gasteiger partial charge in [-0.25, -0.2) is 0 Å². The van der Waals surface area contributed by atoms with Crippen LogP contribution in [0.25, 0.3) is 0 Å². The lowest BCUT2D eigenvalue weighted by atomic mass is 10.1. The second-order valence-corrected chi connectivity index (χ2v) is 6.47. The third-order valence-electron chi connectivity index (χ3n) is 4.58. The van der Waals surface area contributed by atoms with Crippen LogP contribution in [0.2, 0.25) is 0 Å². The van der Waals surface area contributed by atoms with Gasteiger partial charge < -0.3 is 14.8 Å². The molecule has 2 heterocycles. The lowest BCUT2D eigenvalue weighted by molar-refractivity contribution is -0.121. The van der Waals surface area contributed by atoms with Gasteiger partial charge in [-0.15, -0.1) is 0 Å². The highest BCUT2D eigenvalue weighted by Gasteiger charge is 2.15. The number of nitrogens with one attached hydrogen (secondary N) is 1. The quantitative estimate of drug-likeness (QED) is 0.593. The van der Waals surface area contributed by atoms with Crippen LogP contribution in [-0.2, 0) is 11.3 Å². The van der Waals surface area contributed by atoms with Gasteiger partial charge >= 0.3 is 0 Å². The molecule has 1 amide bonds. The van der Waals surface area contributed by atoms with E-state index in [-0.39, 0.29) is 18.2 Å². The third-order valence-corrected chi connectivity index (χ3v) is 4.58. The summed E-state index contributed by atoms with van der Waals surface area (Å²) in [5.41, 5.74) is 1.17. The van der Waals surface area contributed by atoms with Gasteiger partial charge in [0.15, 0.2) is 0 Å². The Bertz CT molecular complexity index is 703. The van der Waals surface area contributed by atoms with Crippen molar-refractivity contribution in [3.05, 3.63) is 59.9 Å². The molecule has 1 aromatic heterocycles. The molecule has 0 saturated carbocycles. The average molecular weight is 339 g/mol. The minimum Gasteiger partial charge on any atom is -0.355 e. The molecule has 0 aliphatic carbocycles. The Morgan fingerprint density at radius 2 is 1.76 bits per heavy atom. The molecule has 1 fully saturated rings. The van der Waals surface area contributed by atoms with Crippen molar-refractivity contribution in [3.63, 3.8) is 0 Å². The normalized spacial score (nSPS) is 14.6. The zero-order valence-corrected chi connectivity index (χ0v) is 14.5. The molecule has 0 radical (unpaired) electrons. The molecule has 25 heavy (non-hydrogen) atoms. The van der Waals surface area contributed by atoms with Gasteiger partial charge in [0.2, 0.25) is 11.7 Å². The fourth-order valence-electron chi connectivity index (χ4n) is 3.24. The highest BCUT2D eigenvalue weighted by atomic mass is 16.2. The predicted octanol–water partition coefficient (Wildman–Crippen LogP) is 2.32. The van der Waals surface area contributed by atoms with Gasteiger partial charge in [0.25, 0.3) is 0 Å². The first-order valence-electron chi connectivity index (χ1n) is 8.98. The molecule has 5 heteroatoms. The molecule has 0 atom stereocenters. The summed E-state index contributed by atoms with van der Waals surface area (Å²) in [6, 6.07) is 12.7. The van der Waals surface area contributed by atoms with Crippen LogP contribution in [0.3, 0.4) is 0 Å². The number of amides is 1. The van der Waals surface area contributed by atoms with E-state index in [1.165, 1.54) is 25.9 Å². The Labute approximate surface area is 148 Å². The summed E-state index contributed by atoms with van der Waals surface area (Å²) in [5.74, 6) is -0.118. The molecule has 3 rings (SSSR count). The predicted molar refractivity (Wildman–Crippen MR) is 97.6 cm³/mol. The number of aromatic nitrogens is 1. The molecule has 1 saturated heterocycles. The van der Waals surface area contributed by atoms with E-state index in [0.717, 1.165) is 13.0 Å². The van der Waals surface area contributed by atoms with E-state index in [4.69, 9.17) is 0 Å². The SMILES string of the molecule is O=C(Cn1cccc1C(=O)c1ccccc1)NCCCN1CCCC1. The zero-order valence-electron chi connectivity index (χ0n) is 14.5. The van der Waals surface area contributed by atoms with Crippen molar-refractivity contribution < 1.29 is 9.59 Å². The molecule has 1 aliphatic rings. The fourth-order valence-corrected chi connectivity index (χ4v) is 3.24. The van der Waals surface area contributed by atoms with Gasteiger partial charge in [0.1, 0.15) is 6.54 Å². The van der Waals surface area contributed by atoms with Crippen molar-refractivity contribution in [3.8, 4) is 0 Å². The van der Waals surface area contributed by atoms with E-state index < -0.39 is 0 Å². The molecule has 132 valence electrons. The second-order valence-electron chi connectivity index (χ2n) is 6.47. The monoisotopic (exact) mass is 339 g/mol. The Morgan fingerprint density at radius 3 is 2.52 bits per heavy atom. The summed E-state index contributed by atoms with van der Waals surface area (Å²) in [4.78, 5) is 27.2. The Hall–Kier alpha value is -2.40. The molecule has 5 nitrogen and oxygen atoms in total. The number of benzene rings is 1. The van der Waals surface area contributed by atoms with Crippen LogP contribution in [0.5, 0.6) is 0 Å². The lowest BCUT2D eigenvalue weighted by Gasteiger charge is -2.14. The maximum Gasteiger partial charge on any atom is 0.239 e. The topological polar surface area (TPSA) is 54.3 Å². The number of rotatable bonds is 8. The van der Waals surface area contributed by atoms with E-state index >= 15 is 0 Å². The lowest BCUT2D eigenvalue weighted by Crippen LogP contribution is -2.31. The number of ketones is 1. The summed E-state index contributed by atoms with van der Waals surface area (Å²) in [7, 11) is 0. The molecule has 0 spiro atoms. The number of carbonyl (C=O) groups is 2. The Kier molecular flexibility index (Phi) is 6.01. The van der Waals surface area contributed by atoms with Crippen LogP contribution in [-0.4, -0.2) is 47.3 Å². The van der Waals surface area contributed by atoms with Crippen molar-refractivity contribution in [2.45, 2.75) is 25.8 Å². The highest BCUT2D eigenvalue weighted by Crippen LogP contribution is 2.11. The summed E-state index contributed by atoms with van der Waals surface area (Å²) >= 11 is 0. The van der Waals surface area contributed by atoms with E-state index in [1.54, 1.807) is 35.0 Å². The summed E-state index contributed by atoms with van der Waals surface area (Å²) in [5, 5.41) is 2.95. The van der Waals surface area contributed by atoms with Gasteiger partial charge in [-0.3, -0.25) is 9.59 Å². The van der Waals surface area contributed by atoms with Crippen LogP contribution in [0.4, 0.5) is 0 Å². The van der Waals surface area contributed by atoms with Gasteiger partial charge in [-0.1, -0.05) is 30.3 Å². The maximum absolute atomic E-state index is 12.6. The van der Waals surface area contributed by atoms with Gasteiger partial charge in [0, 0.05) is 18.3 Å². The summed E-state index contributed by atoms with van der Waals surface area (Å²) < 4.78 is 1.71. The first kappa shape index (κ1) is 17.4. The van der Waals surface area contributed by atoms with Crippen LogP contribution in [0.1, 0.15) is 35.3 Å². The van der Waals surface area contributed by atoms with Gasteiger partial charge in [0.05, 0.1) is 5.69 Å². The molecule has 2 aromatic rings. The fraction of sp³-hybridized carbons (Fsp3) is 0.400. The summed E-state index contributed by atoms with van der Waals surface area (Å²) in [6.07, 6.45) is 5.32. The van der Waals surface area contributed by atoms with Crippen molar-refractivity contribution >= 4 is 11.7 Å². The van der Waals surface area contributed by atoms with Gasteiger partial charge in [-0.05, 0) is 51.0 Å². The van der Waals surface area contributed by atoms with Crippen LogP contribution in [0, 0.1) is 0 Å². The number of carbonyl (C=O) groups excluding carboxylic acids is 2. The minimum absolute atomic E-state index is 0.0558. The highest BCUT2D eigenvalue weighted by molar-refractivity contribution is 6.08. The number of likely N-dealkylation sites (tertiary alicyclic amines) is 1. The maximum atomic E-state index is 12.6. The van der Waals surface area contributed by atoms with Crippen LogP contribution in [0.15, 0.2) is 48.7 Å². The second kappa shape index (κ2) is 8.62. The van der Waals surface area contributed by atoms with E-state index in [0.29, 0.717) is 17.8 Å². The van der Waals surface area contributed by atoms with Crippen LogP contribution < -0.4 is 5.32 Å². The Morgan fingerprint density at radius 1 is 1.00 bits per heavy atom. The van der Waals surface area contributed by atoms with Crippen molar-refractivity contribution in [1.82, 2.24) is 14.8 Å². The molecule has 1 N–H and O–H groups in total. The van der Waals surface area contributed by atoms with Crippen molar-refractivity contribution in [2.24, 2.45) is 0 Å². The first-order valence-corrected chi connectivity index (χ1v) is 8.98. The number of nitrogens with zero attached hydrogens (tertiary/aromatic N) is 2. The molecule has 0 unspecified atom stereocenters. The molecule has 1 aliphatic heterocycles. The van der Waals surface area contributed by atoms with E-state index in [2.05, 4.69) is 10.2 Å². The zero-order chi connectivity index (χ0) is 17.5. The standard InChI is InChI=1S/C20H25N3O2/c24-19(21-11-7-14-22-12-4-5-13-22)16-23-15-6-10-18(23)20(25)17-8-2-1-3-9-17/h1-3,6,8-10,15H,4-5,7,11-14,16H2,(H,21,24). The number of hydrogen-bond acceptors (Lipinski definition) is 3. The minimum atomic E-state index is -0.0626. The van der Waals surface area contributed by atoms with Crippen molar-refractivity contribution in [2.75, 3.05) is 26.2 Å². The number of hydrogen-bond donors (Lipinski definition) is 1. The van der Waals surface area contributed by atoms with E-state index in [1.807, 2.05) is 18.2 Å². The molecular weight excluding hydrogens is 314 g/mol. The summed E-state index contributed by atoms with van der Waals surface area (Å²) in [6.45, 7) is 4.26. The van der Waals surface area contributed by atoms with Crippen molar-refractivity contribution in [1.29, 1.82) is 0 Å². The largest absolute Gasteiger partial charge is 0.355 e. The molecular formula is C20H25N3O2. The van der Waals surface area contributed by atoms with Gasteiger partial charge in [-0.2, -0.15) is 0 Å². The Balaban J connectivity index is 1.48. The van der Waals surface area contributed by atoms with Crippen LogP contribution >= 0.6 is 0 Å². The molecule has 1 aromatic carbocycles. The first-order chi connectivity index (χ1) is 12.2.